The maximum absolute atomic E-state index is 5.93. The molecule has 0 radical (unpaired) electrons. The highest BCUT2D eigenvalue weighted by Gasteiger charge is 2.32. The van der Waals surface area contributed by atoms with E-state index in [-0.39, 0.29) is 0 Å². The van der Waals surface area contributed by atoms with Crippen LogP contribution in [0.3, 0.4) is 0 Å². The quantitative estimate of drug-likeness (QED) is 0.635. The van der Waals surface area contributed by atoms with Crippen LogP contribution in [0.2, 0.25) is 0 Å². The van der Waals surface area contributed by atoms with E-state index in [1.807, 2.05) is 0 Å². The maximum Gasteiger partial charge on any atom is 0.123 e. The standard InChI is InChI=1S/C15H20O/c1-11-6-5-9-14-15(11)13-8-4-2-3-7-12(13)10-16-14/h5-6,9,12-13H,2-4,7-8,10H2,1H3. The first-order valence-corrected chi connectivity index (χ1v) is 6.58. The molecule has 1 aromatic carbocycles. The van der Waals surface area contributed by atoms with Crippen molar-refractivity contribution in [2.45, 2.75) is 44.9 Å². The largest absolute Gasteiger partial charge is 0.493 e. The molecule has 1 aromatic rings. The van der Waals surface area contributed by atoms with Crippen LogP contribution < -0.4 is 4.74 Å². The second kappa shape index (κ2) is 4.12. The fourth-order valence-corrected chi connectivity index (χ4v) is 3.42. The summed E-state index contributed by atoms with van der Waals surface area (Å²) in [6.07, 6.45) is 6.93. The topological polar surface area (TPSA) is 9.23 Å². The van der Waals surface area contributed by atoms with Crippen molar-refractivity contribution in [3.63, 3.8) is 0 Å². The van der Waals surface area contributed by atoms with Crippen LogP contribution in [0.5, 0.6) is 5.75 Å². The minimum absolute atomic E-state index is 0.771. The predicted molar refractivity (Wildman–Crippen MR) is 66.0 cm³/mol. The number of hydrogen-bond donors (Lipinski definition) is 0. The molecular weight excluding hydrogens is 196 g/mol. The molecule has 0 saturated heterocycles. The van der Waals surface area contributed by atoms with E-state index in [0.29, 0.717) is 0 Å². The third-order valence-corrected chi connectivity index (χ3v) is 4.27. The summed E-state index contributed by atoms with van der Waals surface area (Å²) in [5, 5.41) is 0. The van der Waals surface area contributed by atoms with Crippen LogP contribution in [0, 0.1) is 12.8 Å². The highest BCUT2D eigenvalue weighted by atomic mass is 16.5. The zero-order valence-corrected chi connectivity index (χ0v) is 10.0. The van der Waals surface area contributed by atoms with Crippen molar-refractivity contribution in [1.82, 2.24) is 0 Å². The van der Waals surface area contributed by atoms with Crippen molar-refractivity contribution in [2.75, 3.05) is 6.61 Å². The lowest BCUT2D eigenvalue weighted by atomic mass is 9.79. The lowest BCUT2D eigenvalue weighted by molar-refractivity contribution is 0.185. The number of aryl methyl sites for hydroxylation is 1. The average molecular weight is 216 g/mol. The van der Waals surface area contributed by atoms with Gasteiger partial charge in [-0.1, -0.05) is 31.4 Å². The average Bonchev–Trinajstić information content (AvgIpc) is 2.54. The summed E-state index contributed by atoms with van der Waals surface area (Å²) in [7, 11) is 0. The van der Waals surface area contributed by atoms with Crippen molar-refractivity contribution in [1.29, 1.82) is 0 Å². The number of hydrogen-bond acceptors (Lipinski definition) is 1. The summed E-state index contributed by atoms with van der Waals surface area (Å²) in [6, 6.07) is 6.49. The van der Waals surface area contributed by atoms with E-state index in [1.165, 1.54) is 43.2 Å². The van der Waals surface area contributed by atoms with E-state index in [4.69, 9.17) is 4.74 Å². The number of benzene rings is 1. The van der Waals surface area contributed by atoms with Crippen molar-refractivity contribution < 1.29 is 4.74 Å². The Morgan fingerprint density at radius 2 is 2.00 bits per heavy atom. The summed E-state index contributed by atoms with van der Waals surface area (Å²) in [5.74, 6) is 2.70. The summed E-state index contributed by atoms with van der Waals surface area (Å²) in [4.78, 5) is 0. The van der Waals surface area contributed by atoms with Crippen LogP contribution in [-0.4, -0.2) is 6.61 Å². The molecule has 0 bridgehead atoms. The molecule has 1 aliphatic heterocycles. The molecule has 86 valence electrons. The van der Waals surface area contributed by atoms with Gasteiger partial charge >= 0.3 is 0 Å². The van der Waals surface area contributed by atoms with Crippen LogP contribution >= 0.6 is 0 Å². The molecule has 0 aromatic heterocycles. The molecule has 1 heterocycles. The van der Waals surface area contributed by atoms with Gasteiger partial charge < -0.3 is 4.74 Å². The smallest absolute Gasteiger partial charge is 0.123 e. The van der Waals surface area contributed by atoms with E-state index in [1.54, 1.807) is 0 Å². The molecule has 2 unspecified atom stereocenters. The van der Waals surface area contributed by atoms with Gasteiger partial charge in [0.1, 0.15) is 5.75 Å². The number of rotatable bonds is 0. The molecule has 1 saturated carbocycles. The Kier molecular flexibility index (Phi) is 2.62. The molecule has 1 nitrogen and oxygen atoms in total. The zero-order valence-electron chi connectivity index (χ0n) is 10.0. The third kappa shape index (κ3) is 1.63. The van der Waals surface area contributed by atoms with E-state index in [9.17, 15) is 0 Å². The molecule has 2 atom stereocenters. The van der Waals surface area contributed by atoms with Crippen molar-refractivity contribution in [3.8, 4) is 5.75 Å². The highest BCUT2D eigenvalue weighted by Crippen LogP contribution is 2.45. The van der Waals surface area contributed by atoms with Gasteiger partial charge in [0.05, 0.1) is 6.61 Å². The first kappa shape index (κ1) is 10.2. The molecule has 0 amide bonds. The van der Waals surface area contributed by atoms with Crippen molar-refractivity contribution in [2.24, 2.45) is 5.92 Å². The molecule has 3 rings (SSSR count). The van der Waals surface area contributed by atoms with Crippen molar-refractivity contribution in [3.05, 3.63) is 29.3 Å². The van der Waals surface area contributed by atoms with Crippen LogP contribution in [0.1, 0.15) is 49.1 Å². The number of ether oxygens (including phenoxy) is 1. The van der Waals surface area contributed by atoms with E-state index in [0.717, 1.165) is 24.2 Å². The zero-order chi connectivity index (χ0) is 11.0. The van der Waals surface area contributed by atoms with Gasteiger partial charge in [-0.25, -0.2) is 0 Å². The Labute approximate surface area is 97.8 Å². The Morgan fingerprint density at radius 1 is 1.12 bits per heavy atom. The Hall–Kier alpha value is -0.980. The molecule has 1 aliphatic carbocycles. The predicted octanol–water partition coefficient (Wildman–Crippen LogP) is 4.05. The van der Waals surface area contributed by atoms with Gasteiger partial charge in [-0.15, -0.1) is 0 Å². The second-order valence-corrected chi connectivity index (χ2v) is 5.30. The van der Waals surface area contributed by atoms with E-state index in [2.05, 4.69) is 25.1 Å². The second-order valence-electron chi connectivity index (χ2n) is 5.30. The molecule has 1 fully saturated rings. The van der Waals surface area contributed by atoms with Crippen molar-refractivity contribution >= 4 is 0 Å². The van der Waals surface area contributed by atoms with Gasteiger partial charge in [0.25, 0.3) is 0 Å². The normalized spacial score (nSPS) is 28.6. The Balaban J connectivity index is 2.02. The first-order valence-electron chi connectivity index (χ1n) is 6.58. The lowest BCUT2D eigenvalue weighted by Crippen LogP contribution is -2.25. The number of fused-ring (bicyclic) bond motifs is 3. The van der Waals surface area contributed by atoms with Gasteiger partial charge in [0.15, 0.2) is 0 Å². The molecule has 16 heavy (non-hydrogen) atoms. The monoisotopic (exact) mass is 216 g/mol. The SMILES string of the molecule is Cc1cccc2c1C1CCCCCC1CO2. The molecular formula is C15H20O. The summed E-state index contributed by atoms with van der Waals surface area (Å²) in [5.41, 5.74) is 2.94. The molecule has 2 aliphatic rings. The van der Waals surface area contributed by atoms with Gasteiger partial charge in [0, 0.05) is 5.56 Å². The van der Waals surface area contributed by atoms with Crippen LogP contribution in [-0.2, 0) is 0 Å². The highest BCUT2D eigenvalue weighted by molar-refractivity contribution is 5.44. The van der Waals surface area contributed by atoms with Gasteiger partial charge in [-0.2, -0.15) is 0 Å². The fourth-order valence-electron chi connectivity index (χ4n) is 3.42. The Bertz CT molecular complexity index is 383. The fraction of sp³-hybridized carbons (Fsp3) is 0.600. The lowest BCUT2D eigenvalue weighted by Gasteiger charge is -2.33. The van der Waals surface area contributed by atoms with Gasteiger partial charge in [-0.3, -0.25) is 0 Å². The Morgan fingerprint density at radius 3 is 2.94 bits per heavy atom. The van der Waals surface area contributed by atoms with E-state index >= 15 is 0 Å². The third-order valence-electron chi connectivity index (χ3n) is 4.27. The summed E-state index contributed by atoms with van der Waals surface area (Å²) in [6.45, 7) is 3.18. The summed E-state index contributed by atoms with van der Waals surface area (Å²) < 4.78 is 5.93. The minimum atomic E-state index is 0.771. The summed E-state index contributed by atoms with van der Waals surface area (Å²) >= 11 is 0. The van der Waals surface area contributed by atoms with Gasteiger partial charge in [-0.05, 0) is 43.2 Å². The minimum Gasteiger partial charge on any atom is -0.493 e. The molecule has 0 spiro atoms. The molecule has 0 N–H and O–H groups in total. The van der Waals surface area contributed by atoms with Crippen LogP contribution in [0.15, 0.2) is 18.2 Å². The molecule has 1 heteroatoms. The van der Waals surface area contributed by atoms with Gasteiger partial charge in [0.2, 0.25) is 0 Å². The maximum atomic E-state index is 5.93. The van der Waals surface area contributed by atoms with Crippen LogP contribution in [0.25, 0.3) is 0 Å². The first-order chi connectivity index (χ1) is 7.86. The van der Waals surface area contributed by atoms with E-state index < -0.39 is 0 Å². The van der Waals surface area contributed by atoms with Crippen LogP contribution in [0.4, 0.5) is 0 Å².